The maximum Gasteiger partial charge on any atom is 0.290 e. The molecule has 0 unspecified atom stereocenters. The van der Waals surface area contributed by atoms with E-state index in [-0.39, 0.29) is 17.1 Å². The van der Waals surface area contributed by atoms with Crippen LogP contribution >= 0.6 is 11.6 Å². The molecule has 0 N–H and O–H groups in total. The minimum absolute atomic E-state index is 0.141. The number of carbonyl (C=O) groups is 1. The molecule has 2 heterocycles. The van der Waals surface area contributed by atoms with Crippen LogP contribution in [-0.2, 0) is 0 Å². The number of hydrogen-bond acceptors (Lipinski definition) is 4. The number of hydrogen-bond donors (Lipinski definition) is 0. The molecular formula is C25H27ClN2O3. The molecule has 0 spiro atoms. The normalized spacial score (nSPS) is 16.0. The maximum atomic E-state index is 13.5. The second-order valence-corrected chi connectivity index (χ2v) is 9.13. The largest absolute Gasteiger partial charge is 0.450 e. The van der Waals surface area contributed by atoms with Gasteiger partial charge in [-0.05, 0) is 62.3 Å². The van der Waals surface area contributed by atoms with E-state index in [1.54, 1.807) is 23.1 Å². The van der Waals surface area contributed by atoms with Gasteiger partial charge in [-0.15, -0.1) is 0 Å². The Morgan fingerprint density at radius 3 is 2.45 bits per heavy atom. The molecule has 6 heteroatoms. The van der Waals surface area contributed by atoms with Crippen LogP contribution in [0.25, 0.3) is 11.0 Å². The molecule has 1 amide bonds. The summed E-state index contributed by atoms with van der Waals surface area (Å²) in [6.07, 6.45) is 0.798. The Balaban J connectivity index is 1.86. The van der Waals surface area contributed by atoms with Crippen LogP contribution in [-0.4, -0.2) is 42.9 Å². The van der Waals surface area contributed by atoms with Gasteiger partial charge in [0, 0.05) is 11.6 Å². The monoisotopic (exact) mass is 438 g/mol. The zero-order chi connectivity index (χ0) is 22.3. The number of nitrogens with zero attached hydrogens (tertiary/aromatic N) is 2. The summed E-state index contributed by atoms with van der Waals surface area (Å²) < 4.78 is 5.96. The van der Waals surface area contributed by atoms with Gasteiger partial charge < -0.3 is 14.2 Å². The first-order valence-corrected chi connectivity index (χ1v) is 11.0. The summed E-state index contributed by atoms with van der Waals surface area (Å²) in [5, 5.41) is 0.864. The number of benzene rings is 2. The van der Waals surface area contributed by atoms with Crippen molar-refractivity contribution in [2.24, 2.45) is 0 Å². The zero-order valence-electron chi connectivity index (χ0n) is 18.3. The third-order valence-corrected chi connectivity index (χ3v) is 6.09. The lowest BCUT2D eigenvalue weighted by molar-refractivity contribution is 0.0722. The summed E-state index contributed by atoms with van der Waals surface area (Å²) in [6, 6.07) is 12.6. The van der Waals surface area contributed by atoms with Crippen molar-refractivity contribution >= 4 is 28.5 Å². The van der Waals surface area contributed by atoms with Gasteiger partial charge in [-0.3, -0.25) is 9.59 Å². The maximum absolute atomic E-state index is 13.5. The highest BCUT2D eigenvalue weighted by Crippen LogP contribution is 2.38. The van der Waals surface area contributed by atoms with E-state index in [1.807, 2.05) is 26.2 Å². The Morgan fingerprint density at radius 2 is 1.81 bits per heavy atom. The molecule has 1 aromatic heterocycles. The van der Waals surface area contributed by atoms with E-state index in [9.17, 15) is 9.59 Å². The molecule has 0 fully saturated rings. The summed E-state index contributed by atoms with van der Waals surface area (Å²) in [4.78, 5) is 30.7. The van der Waals surface area contributed by atoms with Crippen LogP contribution in [0.15, 0.2) is 51.7 Å². The van der Waals surface area contributed by atoms with Gasteiger partial charge in [0.2, 0.25) is 5.76 Å². The molecule has 1 aliphatic rings. The highest BCUT2D eigenvalue weighted by atomic mass is 35.5. The quantitative estimate of drug-likeness (QED) is 0.539. The number of fused-ring (bicyclic) bond motifs is 2. The molecule has 0 aliphatic carbocycles. The number of amides is 1. The third-order valence-electron chi connectivity index (χ3n) is 5.85. The Morgan fingerprint density at radius 1 is 1.10 bits per heavy atom. The molecule has 2 aromatic carbocycles. The molecule has 0 saturated carbocycles. The van der Waals surface area contributed by atoms with Crippen molar-refractivity contribution in [2.45, 2.75) is 32.2 Å². The zero-order valence-corrected chi connectivity index (χ0v) is 19.1. The standard InChI is InChI=1S/C25H27ClN2O3/c1-15(2)16-6-8-17(9-7-16)22-21-23(29)19-14-18(26)10-11-20(19)31-24(21)25(30)28(22)13-5-12-27(3)4/h6-11,14-15,22H,5,12-13H2,1-4H3/t22-/m1/s1. The van der Waals surface area contributed by atoms with Gasteiger partial charge in [-0.1, -0.05) is 49.7 Å². The van der Waals surface area contributed by atoms with Crippen molar-refractivity contribution in [1.29, 1.82) is 0 Å². The fourth-order valence-electron chi connectivity index (χ4n) is 4.19. The molecule has 0 radical (unpaired) electrons. The molecule has 0 saturated heterocycles. The second-order valence-electron chi connectivity index (χ2n) is 8.69. The van der Waals surface area contributed by atoms with Gasteiger partial charge in [0.05, 0.1) is 17.0 Å². The first-order chi connectivity index (χ1) is 14.8. The lowest BCUT2D eigenvalue weighted by Crippen LogP contribution is -2.32. The van der Waals surface area contributed by atoms with E-state index < -0.39 is 6.04 Å². The summed E-state index contributed by atoms with van der Waals surface area (Å²) in [5.74, 6) is 0.308. The van der Waals surface area contributed by atoms with E-state index in [1.165, 1.54) is 5.56 Å². The van der Waals surface area contributed by atoms with Crippen LogP contribution < -0.4 is 5.43 Å². The topological polar surface area (TPSA) is 53.8 Å². The lowest BCUT2D eigenvalue weighted by atomic mass is 9.95. The van der Waals surface area contributed by atoms with E-state index in [4.69, 9.17) is 16.0 Å². The van der Waals surface area contributed by atoms with Crippen LogP contribution in [0.5, 0.6) is 0 Å². The number of carbonyl (C=O) groups excluding carboxylic acids is 1. The van der Waals surface area contributed by atoms with E-state index in [2.05, 4.69) is 30.9 Å². The minimum Gasteiger partial charge on any atom is -0.450 e. The number of halogens is 1. The third kappa shape index (κ3) is 4.00. The predicted octanol–water partition coefficient (Wildman–Crippen LogP) is 5.07. The first kappa shape index (κ1) is 21.6. The summed E-state index contributed by atoms with van der Waals surface area (Å²) in [5.41, 5.74) is 2.72. The van der Waals surface area contributed by atoms with E-state index in [0.717, 1.165) is 18.5 Å². The second kappa shape index (κ2) is 8.48. The molecule has 162 valence electrons. The van der Waals surface area contributed by atoms with E-state index in [0.29, 0.717) is 34.0 Å². The van der Waals surface area contributed by atoms with Crippen LogP contribution in [0.1, 0.15) is 59.5 Å². The van der Waals surface area contributed by atoms with Crippen molar-refractivity contribution in [3.05, 3.63) is 80.2 Å². The Hall–Kier alpha value is -2.63. The predicted molar refractivity (Wildman–Crippen MR) is 124 cm³/mol. The van der Waals surface area contributed by atoms with Crippen LogP contribution in [0, 0.1) is 0 Å². The van der Waals surface area contributed by atoms with Crippen LogP contribution in [0.4, 0.5) is 0 Å². The Kier molecular flexibility index (Phi) is 5.91. The summed E-state index contributed by atoms with van der Waals surface area (Å²) >= 11 is 6.13. The van der Waals surface area contributed by atoms with Crippen LogP contribution in [0.2, 0.25) is 5.02 Å². The van der Waals surface area contributed by atoms with Gasteiger partial charge in [-0.25, -0.2) is 0 Å². The average Bonchev–Trinajstić information content (AvgIpc) is 3.01. The Labute approximate surface area is 187 Å². The number of rotatable bonds is 6. The van der Waals surface area contributed by atoms with Gasteiger partial charge in [0.1, 0.15) is 5.58 Å². The molecule has 1 aliphatic heterocycles. The fraction of sp³-hybridized carbons (Fsp3) is 0.360. The van der Waals surface area contributed by atoms with Crippen molar-refractivity contribution in [3.8, 4) is 0 Å². The molecule has 4 rings (SSSR count). The van der Waals surface area contributed by atoms with Gasteiger partial charge in [0.15, 0.2) is 5.43 Å². The molecule has 0 bridgehead atoms. The van der Waals surface area contributed by atoms with Crippen molar-refractivity contribution < 1.29 is 9.21 Å². The minimum atomic E-state index is -0.467. The summed E-state index contributed by atoms with van der Waals surface area (Å²) in [6.45, 7) is 5.66. The van der Waals surface area contributed by atoms with Crippen molar-refractivity contribution in [1.82, 2.24) is 9.80 Å². The Bertz CT molecular complexity index is 1180. The molecule has 1 atom stereocenters. The van der Waals surface area contributed by atoms with Crippen LogP contribution in [0.3, 0.4) is 0 Å². The van der Waals surface area contributed by atoms with Crippen molar-refractivity contribution in [2.75, 3.05) is 27.2 Å². The van der Waals surface area contributed by atoms with Gasteiger partial charge >= 0.3 is 0 Å². The van der Waals surface area contributed by atoms with Crippen molar-refractivity contribution in [3.63, 3.8) is 0 Å². The molecule has 31 heavy (non-hydrogen) atoms. The smallest absolute Gasteiger partial charge is 0.290 e. The molecule has 3 aromatic rings. The highest BCUT2D eigenvalue weighted by Gasteiger charge is 2.42. The lowest BCUT2D eigenvalue weighted by Gasteiger charge is -2.26. The molecular weight excluding hydrogens is 412 g/mol. The summed E-state index contributed by atoms with van der Waals surface area (Å²) in [7, 11) is 4.01. The van der Waals surface area contributed by atoms with Gasteiger partial charge in [0.25, 0.3) is 5.91 Å². The van der Waals surface area contributed by atoms with Gasteiger partial charge in [-0.2, -0.15) is 0 Å². The first-order valence-electron chi connectivity index (χ1n) is 10.6. The molecule has 5 nitrogen and oxygen atoms in total. The average molecular weight is 439 g/mol. The fourth-order valence-corrected chi connectivity index (χ4v) is 4.36. The SMILES string of the molecule is CC(C)c1ccc([C@@H]2c3c(oc4ccc(Cl)cc4c3=O)C(=O)N2CCCN(C)C)cc1. The highest BCUT2D eigenvalue weighted by molar-refractivity contribution is 6.31. The van der Waals surface area contributed by atoms with E-state index >= 15 is 0 Å².